The number of hydrogen-bond acceptors (Lipinski definition) is 4. The molecule has 2 saturated heterocycles. The second-order valence-corrected chi connectivity index (χ2v) is 5.95. The number of nitrogens with zero attached hydrogens (tertiary/aromatic N) is 3. The van der Waals surface area contributed by atoms with E-state index in [1.54, 1.807) is 6.07 Å². The van der Waals surface area contributed by atoms with Gasteiger partial charge in [-0.3, -0.25) is 10.1 Å². The van der Waals surface area contributed by atoms with Gasteiger partial charge in [0.1, 0.15) is 5.69 Å². The molecule has 2 fully saturated rings. The van der Waals surface area contributed by atoms with Crippen LogP contribution in [0, 0.1) is 15.9 Å². The topological polar surface area (TPSA) is 66.2 Å². The molecular formula is C15H22FN4O2+. The quantitative estimate of drug-likeness (QED) is 0.671. The van der Waals surface area contributed by atoms with E-state index in [0.717, 1.165) is 58.2 Å². The monoisotopic (exact) mass is 309 g/mol. The number of rotatable bonds is 3. The van der Waals surface area contributed by atoms with Crippen LogP contribution in [0.1, 0.15) is 19.3 Å². The number of piperidine rings is 1. The average Bonchev–Trinajstić information content (AvgIpc) is 2.56. The molecular weight excluding hydrogens is 287 g/mol. The fourth-order valence-electron chi connectivity index (χ4n) is 3.31. The highest BCUT2D eigenvalue weighted by molar-refractivity contribution is 5.71. The predicted molar refractivity (Wildman–Crippen MR) is 83.0 cm³/mol. The van der Waals surface area contributed by atoms with E-state index in [4.69, 9.17) is 0 Å². The molecule has 1 aromatic carbocycles. The summed E-state index contributed by atoms with van der Waals surface area (Å²) >= 11 is 0. The largest absolute Gasteiger partial charge is 0.369 e. The lowest BCUT2D eigenvalue weighted by Crippen LogP contribution is -2.89. The summed E-state index contributed by atoms with van der Waals surface area (Å²) < 4.78 is 14.4. The van der Waals surface area contributed by atoms with Crippen molar-refractivity contribution in [2.75, 3.05) is 49.1 Å². The Hall–Kier alpha value is -1.89. The van der Waals surface area contributed by atoms with Gasteiger partial charge in [0.25, 0.3) is 5.69 Å². The summed E-state index contributed by atoms with van der Waals surface area (Å²) in [7, 11) is 0. The second kappa shape index (κ2) is 6.48. The van der Waals surface area contributed by atoms with Crippen LogP contribution in [0.2, 0.25) is 0 Å². The number of anilines is 2. The Kier molecular flexibility index (Phi) is 4.42. The first kappa shape index (κ1) is 15.0. The third-order valence-corrected chi connectivity index (χ3v) is 4.48. The lowest BCUT2D eigenvalue weighted by atomic mass is 10.1. The normalized spacial score (nSPS) is 19.3. The van der Waals surface area contributed by atoms with Crippen molar-refractivity contribution in [1.29, 1.82) is 0 Å². The summed E-state index contributed by atoms with van der Waals surface area (Å²) in [5.41, 5.74) is 0.940. The van der Waals surface area contributed by atoms with Crippen molar-refractivity contribution >= 4 is 17.1 Å². The van der Waals surface area contributed by atoms with Gasteiger partial charge in [0.15, 0.2) is 5.82 Å². The molecule has 2 heterocycles. The molecule has 120 valence electrons. The van der Waals surface area contributed by atoms with E-state index in [1.165, 1.54) is 6.42 Å². The van der Waals surface area contributed by atoms with Crippen molar-refractivity contribution in [2.45, 2.75) is 19.3 Å². The van der Waals surface area contributed by atoms with Gasteiger partial charge in [0, 0.05) is 13.1 Å². The maximum absolute atomic E-state index is 14.4. The molecule has 0 aliphatic carbocycles. The predicted octanol–water partition coefficient (Wildman–Crippen LogP) is 1.11. The van der Waals surface area contributed by atoms with Crippen LogP contribution in [0.4, 0.5) is 21.5 Å². The molecule has 6 nitrogen and oxygen atoms in total. The summed E-state index contributed by atoms with van der Waals surface area (Å²) in [6, 6.07) is 2.78. The van der Waals surface area contributed by atoms with E-state index < -0.39 is 10.7 Å². The van der Waals surface area contributed by atoms with Crippen LogP contribution in [-0.2, 0) is 0 Å². The maximum Gasteiger partial charge on any atom is 0.295 e. The molecule has 0 aromatic heterocycles. The van der Waals surface area contributed by atoms with Gasteiger partial charge in [0.05, 0.1) is 42.9 Å². The highest BCUT2D eigenvalue weighted by Crippen LogP contribution is 2.35. The number of hydrogen-bond donors (Lipinski definition) is 1. The summed E-state index contributed by atoms with van der Waals surface area (Å²) in [5, 5.41) is 13.5. The van der Waals surface area contributed by atoms with Gasteiger partial charge >= 0.3 is 0 Å². The number of nitro groups is 1. The van der Waals surface area contributed by atoms with Gasteiger partial charge in [-0.15, -0.1) is 0 Å². The van der Waals surface area contributed by atoms with Crippen LogP contribution < -0.4 is 15.1 Å². The van der Waals surface area contributed by atoms with Crippen LogP contribution in [0.5, 0.6) is 0 Å². The van der Waals surface area contributed by atoms with Crippen molar-refractivity contribution in [2.24, 2.45) is 0 Å². The molecule has 0 amide bonds. The first-order chi connectivity index (χ1) is 10.7. The first-order valence-corrected chi connectivity index (χ1v) is 7.96. The third kappa shape index (κ3) is 2.99. The van der Waals surface area contributed by atoms with E-state index >= 15 is 0 Å². The SMILES string of the molecule is O=[N+]([O-])c1cc(F)c(N2CCCCC2)cc1N1CC[NH2+]CC1. The Morgan fingerprint density at radius 1 is 1.00 bits per heavy atom. The Bertz CT molecular complexity index is 555. The lowest BCUT2D eigenvalue weighted by Gasteiger charge is -2.31. The smallest absolute Gasteiger partial charge is 0.295 e. The molecule has 7 heteroatoms. The van der Waals surface area contributed by atoms with Crippen molar-refractivity contribution in [3.63, 3.8) is 0 Å². The molecule has 0 unspecified atom stereocenters. The van der Waals surface area contributed by atoms with E-state index in [1.807, 2.05) is 9.80 Å². The first-order valence-electron chi connectivity index (χ1n) is 7.96. The highest BCUT2D eigenvalue weighted by Gasteiger charge is 2.27. The van der Waals surface area contributed by atoms with Gasteiger partial charge in [-0.05, 0) is 25.3 Å². The molecule has 2 N–H and O–H groups in total. The van der Waals surface area contributed by atoms with Crippen molar-refractivity contribution < 1.29 is 14.6 Å². The number of nitrogens with two attached hydrogens (primary N) is 1. The van der Waals surface area contributed by atoms with Gasteiger partial charge in [-0.2, -0.15) is 0 Å². The number of nitro benzene ring substituents is 1. The number of benzene rings is 1. The molecule has 3 rings (SSSR count). The molecule has 0 saturated carbocycles. The summed E-state index contributed by atoms with van der Waals surface area (Å²) in [6.45, 7) is 4.98. The van der Waals surface area contributed by atoms with E-state index in [0.29, 0.717) is 11.4 Å². The summed E-state index contributed by atoms with van der Waals surface area (Å²) in [4.78, 5) is 14.8. The zero-order chi connectivity index (χ0) is 15.5. The molecule has 0 bridgehead atoms. The second-order valence-electron chi connectivity index (χ2n) is 5.95. The van der Waals surface area contributed by atoms with Crippen molar-refractivity contribution in [3.05, 3.63) is 28.1 Å². The zero-order valence-electron chi connectivity index (χ0n) is 12.6. The minimum atomic E-state index is -0.485. The van der Waals surface area contributed by atoms with Crippen molar-refractivity contribution in [3.8, 4) is 0 Å². The Morgan fingerprint density at radius 2 is 1.64 bits per heavy atom. The number of halogens is 1. The van der Waals surface area contributed by atoms with E-state index in [-0.39, 0.29) is 5.69 Å². The Balaban J connectivity index is 1.98. The highest BCUT2D eigenvalue weighted by atomic mass is 19.1. The Labute approximate surface area is 129 Å². The van der Waals surface area contributed by atoms with E-state index in [2.05, 4.69) is 5.32 Å². The minimum absolute atomic E-state index is 0.125. The van der Waals surface area contributed by atoms with Gasteiger partial charge < -0.3 is 15.1 Å². The van der Waals surface area contributed by atoms with Crippen LogP contribution >= 0.6 is 0 Å². The maximum atomic E-state index is 14.4. The van der Waals surface area contributed by atoms with Crippen LogP contribution in [0.3, 0.4) is 0 Å². The number of quaternary nitrogens is 1. The summed E-state index contributed by atoms with van der Waals surface area (Å²) in [6.07, 6.45) is 3.26. The Morgan fingerprint density at radius 3 is 2.27 bits per heavy atom. The van der Waals surface area contributed by atoms with E-state index in [9.17, 15) is 14.5 Å². The van der Waals surface area contributed by atoms with Gasteiger partial charge in [0.2, 0.25) is 0 Å². The molecule has 1 aromatic rings. The molecule has 0 spiro atoms. The van der Waals surface area contributed by atoms with Crippen LogP contribution in [0.25, 0.3) is 0 Å². The molecule has 0 atom stereocenters. The standard InChI is InChI=1S/C15H21FN4O2/c16-12-10-15(20(21)22)14(19-8-4-17-5-9-19)11-13(12)18-6-2-1-3-7-18/h10-11,17H,1-9H2/p+1. The lowest BCUT2D eigenvalue weighted by molar-refractivity contribution is -0.655. The molecule has 0 radical (unpaired) electrons. The summed E-state index contributed by atoms with van der Waals surface area (Å²) in [5.74, 6) is -0.485. The van der Waals surface area contributed by atoms with Crippen molar-refractivity contribution in [1.82, 2.24) is 0 Å². The molecule has 2 aliphatic rings. The molecule has 22 heavy (non-hydrogen) atoms. The fraction of sp³-hybridized carbons (Fsp3) is 0.600. The van der Waals surface area contributed by atoms with Crippen LogP contribution in [0.15, 0.2) is 12.1 Å². The average molecular weight is 309 g/mol. The van der Waals surface area contributed by atoms with Gasteiger partial charge in [-0.25, -0.2) is 4.39 Å². The van der Waals surface area contributed by atoms with Crippen LogP contribution in [-0.4, -0.2) is 44.2 Å². The third-order valence-electron chi connectivity index (χ3n) is 4.48. The minimum Gasteiger partial charge on any atom is -0.369 e. The number of piperazine rings is 1. The fourth-order valence-corrected chi connectivity index (χ4v) is 3.31. The zero-order valence-corrected chi connectivity index (χ0v) is 12.6. The van der Waals surface area contributed by atoms with Gasteiger partial charge in [-0.1, -0.05) is 0 Å². The molecule has 2 aliphatic heterocycles.